The van der Waals surface area contributed by atoms with Gasteiger partial charge in [-0.05, 0) is 46.6 Å². The maximum atomic E-state index is 6.08. The number of aromatic nitrogens is 2. The number of hydrogen-bond donors (Lipinski definition) is 1. The van der Waals surface area contributed by atoms with Gasteiger partial charge in [-0.15, -0.1) is 0 Å². The summed E-state index contributed by atoms with van der Waals surface area (Å²) >= 11 is 0. The van der Waals surface area contributed by atoms with Crippen LogP contribution >= 0.6 is 0 Å². The highest BCUT2D eigenvalue weighted by atomic mass is 15.4. The van der Waals surface area contributed by atoms with Gasteiger partial charge in [0.05, 0.1) is 11.2 Å². The van der Waals surface area contributed by atoms with E-state index in [1.165, 1.54) is 32.2 Å². The summed E-state index contributed by atoms with van der Waals surface area (Å²) in [6.07, 6.45) is 5.24. The van der Waals surface area contributed by atoms with Gasteiger partial charge in [0, 0.05) is 18.7 Å². The molecule has 108 valence electrons. The van der Waals surface area contributed by atoms with Crippen LogP contribution in [0.2, 0.25) is 0 Å². The normalized spacial score (nSPS) is 21.8. The smallest absolute Gasteiger partial charge is 0.122 e. The topological polar surface area (TPSA) is 47.1 Å². The monoisotopic (exact) mass is 264 g/mol. The zero-order valence-electron chi connectivity index (χ0n) is 12.8. The number of nitrogens with two attached hydrogens (primary N) is 1. The molecule has 0 aromatic carbocycles. The Morgan fingerprint density at radius 3 is 2.68 bits per heavy atom. The zero-order chi connectivity index (χ0) is 14.0. The van der Waals surface area contributed by atoms with Crippen LogP contribution < -0.4 is 5.73 Å². The number of nitrogen functional groups attached to an aromatic ring is 1. The molecule has 1 saturated heterocycles. The highest BCUT2D eigenvalue weighted by Gasteiger charge is 2.23. The minimum absolute atomic E-state index is 0.0472. The molecule has 0 amide bonds. The lowest BCUT2D eigenvalue weighted by Gasteiger charge is -2.34. The summed E-state index contributed by atoms with van der Waals surface area (Å²) < 4.78 is 1.94. The summed E-state index contributed by atoms with van der Waals surface area (Å²) in [6.45, 7) is 10.8. The number of hydrogen-bond acceptors (Lipinski definition) is 3. The molecule has 2 rings (SSSR count). The molecular formula is C15H28N4. The van der Waals surface area contributed by atoms with Crippen molar-refractivity contribution >= 4 is 5.82 Å². The molecule has 0 bridgehead atoms. The number of rotatable bonds is 3. The van der Waals surface area contributed by atoms with Gasteiger partial charge in [-0.2, -0.15) is 5.10 Å². The molecule has 0 radical (unpaired) electrons. The van der Waals surface area contributed by atoms with Crippen LogP contribution in [-0.4, -0.2) is 27.3 Å². The summed E-state index contributed by atoms with van der Waals surface area (Å²) in [6, 6.07) is 2.75. The highest BCUT2D eigenvalue weighted by Crippen LogP contribution is 2.24. The molecule has 1 aliphatic rings. The molecule has 4 nitrogen and oxygen atoms in total. The quantitative estimate of drug-likeness (QED) is 0.913. The Morgan fingerprint density at radius 2 is 2.11 bits per heavy atom. The van der Waals surface area contributed by atoms with Crippen LogP contribution in [0.3, 0.4) is 0 Å². The molecular weight excluding hydrogens is 236 g/mol. The summed E-state index contributed by atoms with van der Waals surface area (Å²) in [4.78, 5) is 2.57. The Labute approximate surface area is 117 Å². The van der Waals surface area contributed by atoms with Crippen LogP contribution in [0, 0.1) is 0 Å². The fraction of sp³-hybridized carbons (Fsp3) is 0.800. The molecule has 2 N–H and O–H groups in total. The van der Waals surface area contributed by atoms with Crippen LogP contribution in [0.25, 0.3) is 0 Å². The maximum absolute atomic E-state index is 6.08. The standard InChI is InChI=1S/C15H28N4/c1-5-13-8-6-7-9-18(13)11-12-10-14(16)19(17-12)15(2,3)4/h10,13H,5-9,11,16H2,1-4H3. The van der Waals surface area contributed by atoms with Crippen molar-refractivity contribution in [3.8, 4) is 0 Å². The van der Waals surface area contributed by atoms with E-state index in [1.54, 1.807) is 0 Å². The average molecular weight is 264 g/mol. The van der Waals surface area contributed by atoms with E-state index < -0.39 is 0 Å². The first-order valence-corrected chi connectivity index (χ1v) is 7.50. The van der Waals surface area contributed by atoms with Crippen molar-refractivity contribution < 1.29 is 0 Å². The van der Waals surface area contributed by atoms with Crippen molar-refractivity contribution in [1.82, 2.24) is 14.7 Å². The summed E-state index contributed by atoms with van der Waals surface area (Å²) in [5.74, 6) is 0.771. The number of piperidine rings is 1. The van der Waals surface area contributed by atoms with Crippen molar-refractivity contribution in [2.45, 2.75) is 71.5 Å². The number of anilines is 1. The Bertz CT molecular complexity index is 416. The summed E-state index contributed by atoms with van der Waals surface area (Å²) in [5, 5.41) is 4.69. The first-order chi connectivity index (χ1) is 8.91. The molecule has 1 atom stereocenters. The van der Waals surface area contributed by atoms with Crippen molar-refractivity contribution in [2.24, 2.45) is 0 Å². The summed E-state index contributed by atoms with van der Waals surface area (Å²) in [5.41, 5.74) is 7.14. The molecule has 0 aliphatic carbocycles. The fourth-order valence-electron chi connectivity index (χ4n) is 3.00. The molecule has 1 aromatic heterocycles. The molecule has 2 heterocycles. The third-order valence-corrected chi connectivity index (χ3v) is 4.01. The number of nitrogens with zero attached hydrogens (tertiary/aromatic N) is 3. The largest absolute Gasteiger partial charge is 0.384 e. The van der Waals surface area contributed by atoms with Crippen LogP contribution in [0.15, 0.2) is 6.07 Å². The number of likely N-dealkylation sites (tertiary alicyclic amines) is 1. The van der Waals surface area contributed by atoms with Gasteiger partial charge in [0.2, 0.25) is 0 Å². The van der Waals surface area contributed by atoms with E-state index in [4.69, 9.17) is 10.8 Å². The second-order valence-corrected chi connectivity index (χ2v) is 6.67. The van der Waals surface area contributed by atoms with Crippen LogP contribution in [0.1, 0.15) is 59.1 Å². The lowest BCUT2D eigenvalue weighted by Crippen LogP contribution is -2.38. The van der Waals surface area contributed by atoms with Gasteiger partial charge >= 0.3 is 0 Å². The third-order valence-electron chi connectivity index (χ3n) is 4.01. The lowest BCUT2D eigenvalue weighted by atomic mass is 10.00. The summed E-state index contributed by atoms with van der Waals surface area (Å²) in [7, 11) is 0. The van der Waals surface area contributed by atoms with E-state index in [0.29, 0.717) is 0 Å². The van der Waals surface area contributed by atoms with Gasteiger partial charge in [0.25, 0.3) is 0 Å². The van der Waals surface area contributed by atoms with E-state index in [2.05, 4.69) is 32.6 Å². The predicted molar refractivity (Wildman–Crippen MR) is 80.0 cm³/mol. The molecule has 1 aliphatic heterocycles. The van der Waals surface area contributed by atoms with Gasteiger partial charge in [-0.1, -0.05) is 13.3 Å². The first-order valence-electron chi connectivity index (χ1n) is 7.50. The van der Waals surface area contributed by atoms with Crippen molar-refractivity contribution in [1.29, 1.82) is 0 Å². The Balaban J connectivity index is 2.10. The molecule has 1 fully saturated rings. The zero-order valence-corrected chi connectivity index (χ0v) is 12.8. The van der Waals surface area contributed by atoms with Crippen LogP contribution in [0.5, 0.6) is 0 Å². The van der Waals surface area contributed by atoms with Gasteiger partial charge in [-0.3, -0.25) is 4.90 Å². The van der Waals surface area contributed by atoms with Crippen molar-refractivity contribution in [3.63, 3.8) is 0 Å². The van der Waals surface area contributed by atoms with E-state index in [-0.39, 0.29) is 5.54 Å². The second kappa shape index (κ2) is 5.53. The van der Waals surface area contributed by atoms with E-state index in [0.717, 1.165) is 24.1 Å². The van der Waals surface area contributed by atoms with Crippen molar-refractivity contribution in [3.05, 3.63) is 11.8 Å². The van der Waals surface area contributed by atoms with Crippen molar-refractivity contribution in [2.75, 3.05) is 12.3 Å². The van der Waals surface area contributed by atoms with Gasteiger partial charge < -0.3 is 5.73 Å². The highest BCUT2D eigenvalue weighted by molar-refractivity contribution is 5.32. The van der Waals surface area contributed by atoms with Crippen LogP contribution in [-0.2, 0) is 12.1 Å². The fourth-order valence-corrected chi connectivity index (χ4v) is 3.00. The SMILES string of the molecule is CCC1CCCCN1Cc1cc(N)n(C(C)(C)C)n1. The minimum atomic E-state index is -0.0472. The van der Waals surface area contributed by atoms with E-state index >= 15 is 0 Å². The average Bonchev–Trinajstić information content (AvgIpc) is 2.71. The van der Waals surface area contributed by atoms with E-state index in [9.17, 15) is 0 Å². The lowest BCUT2D eigenvalue weighted by molar-refractivity contribution is 0.134. The molecule has 4 heteroatoms. The molecule has 19 heavy (non-hydrogen) atoms. The van der Waals surface area contributed by atoms with Gasteiger partial charge in [-0.25, -0.2) is 4.68 Å². The maximum Gasteiger partial charge on any atom is 0.122 e. The molecule has 1 unspecified atom stereocenters. The third kappa shape index (κ3) is 3.30. The first kappa shape index (κ1) is 14.4. The molecule has 1 aromatic rings. The Kier molecular flexibility index (Phi) is 4.19. The minimum Gasteiger partial charge on any atom is -0.384 e. The second-order valence-electron chi connectivity index (χ2n) is 6.67. The molecule has 0 saturated carbocycles. The van der Waals surface area contributed by atoms with Crippen LogP contribution in [0.4, 0.5) is 5.82 Å². The van der Waals surface area contributed by atoms with Gasteiger partial charge in [0.15, 0.2) is 0 Å². The predicted octanol–water partition coefficient (Wildman–Crippen LogP) is 2.98. The molecule has 0 spiro atoms. The Hall–Kier alpha value is -1.03. The Morgan fingerprint density at radius 1 is 1.37 bits per heavy atom. The van der Waals surface area contributed by atoms with E-state index in [1.807, 2.05) is 10.7 Å². The van der Waals surface area contributed by atoms with Gasteiger partial charge in [0.1, 0.15) is 5.82 Å².